The quantitative estimate of drug-likeness (QED) is 0.641. The third-order valence-electron chi connectivity index (χ3n) is 4.80. The van der Waals surface area contributed by atoms with Gasteiger partial charge in [0.05, 0.1) is 6.54 Å². The highest BCUT2D eigenvalue weighted by Crippen LogP contribution is 2.29. The number of hydrogen-bond acceptors (Lipinski definition) is 7. The Balaban J connectivity index is 1.46. The van der Waals surface area contributed by atoms with Crippen LogP contribution in [-0.2, 0) is 12.7 Å². The standard InChI is InChI=1S/C19H18F3N7O/c20-19(21,22)15-11-17(25-13-24-15)28-9-7-27(8-10-28)16-1-2-18(30)29(26-16)12-14-3-5-23-6-4-14/h1-6,11,13H,7-10,12H2. The molecule has 4 heterocycles. The summed E-state index contributed by atoms with van der Waals surface area (Å²) in [6.07, 6.45) is -0.269. The maximum Gasteiger partial charge on any atom is 0.433 e. The maximum atomic E-state index is 12.9. The van der Waals surface area contributed by atoms with E-state index in [1.54, 1.807) is 23.4 Å². The van der Waals surface area contributed by atoms with Crippen LogP contribution in [0.5, 0.6) is 0 Å². The highest BCUT2D eigenvalue weighted by atomic mass is 19.4. The molecule has 0 bridgehead atoms. The molecule has 11 heteroatoms. The van der Waals surface area contributed by atoms with Crippen LogP contribution in [-0.4, -0.2) is 50.9 Å². The van der Waals surface area contributed by atoms with Crippen LogP contribution in [0.1, 0.15) is 11.3 Å². The molecule has 1 aliphatic rings. The van der Waals surface area contributed by atoms with Crippen LogP contribution >= 0.6 is 0 Å². The van der Waals surface area contributed by atoms with Gasteiger partial charge in [-0.2, -0.15) is 18.3 Å². The summed E-state index contributed by atoms with van der Waals surface area (Å²) in [6, 6.07) is 7.72. The Bertz CT molecular complexity index is 1060. The number of nitrogens with zero attached hydrogens (tertiary/aromatic N) is 7. The molecule has 0 aromatic carbocycles. The fraction of sp³-hybridized carbons (Fsp3) is 0.316. The molecule has 0 N–H and O–H groups in total. The molecule has 4 rings (SSSR count). The van der Waals surface area contributed by atoms with Crippen molar-refractivity contribution in [1.29, 1.82) is 0 Å². The van der Waals surface area contributed by atoms with E-state index in [-0.39, 0.29) is 11.4 Å². The summed E-state index contributed by atoms with van der Waals surface area (Å²) < 4.78 is 40.1. The molecule has 1 saturated heterocycles. The van der Waals surface area contributed by atoms with Crippen molar-refractivity contribution in [2.75, 3.05) is 36.0 Å². The molecule has 0 aliphatic carbocycles. The summed E-state index contributed by atoms with van der Waals surface area (Å²) in [6.45, 7) is 2.34. The molecule has 1 fully saturated rings. The fourth-order valence-electron chi connectivity index (χ4n) is 3.22. The van der Waals surface area contributed by atoms with Gasteiger partial charge in [-0.1, -0.05) is 0 Å². The number of hydrogen-bond donors (Lipinski definition) is 0. The lowest BCUT2D eigenvalue weighted by atomic mass is 10.2. The van der Waals surface area contributed by atoms with E-state index in [9.17, 15) is 18.0 Å². The van der Waals surface area contributed by atoms with Gasteiger partial charge in [0.1, 0.15) is 23.7 Å². The van der Waals surface area contributed by atoms with Crippen molar-refractivity contribution >= 4 is 11.6 Å². The second-order valence-corrected chi connectivity index (χ2v) is 6.78. The van der Waals surface area contributed by atoms with Crippen LogP contribution in [0.4, 0.5) is 24.8 Å². The van der Waals surface area contributed by atoms with Gasteiger partial charge in [-0.15, -0.1) is 0 Å². The van der Waals surface area contributed by atoms with Crippen molar-refractivity contribution < 1.29 is 13.2 Å². The zero-order valence-corrected chi connectivity index (χ0v) is 15.8. The lowest BCUT2D eigenvalue weighted by Crippen LogP contribution is -2.47. The lowest BCUT2D eigenvalue weighted by Gasteiger charge is -2.36. The third-order valence-corrected chi connectivity index (χ3v) is 4.80. The molecular formula is C19H18F3N7O. The molecule has 8 nitrogen and oxygen atoms in total. The van der Waals surface area contributed by atoms with Crippen LogP contribution < -0.4 is 15.4 Å². The fourth-order valence-corrected chi connectivity index (χ4v) is 3.22. The van der Waals surface area contributed by atoms with E-state index in [1.165, 1.54) is 10.7 Å². The Morgan fingerprint density at radius 2 is 1.57 bits per heavy atom. The Labute approximate surface area is 169 Å². The Morgan fingerprint density at radius 1 is 0.900 bits per heavy atom. The van der Waals surface area contributed by atoms with E-state index in [1.807, 2.05) is 17.0 Å². The Kier molecular flexibility index (Phi) is 5.34. The first kappa shape index (κ1) is 19.8. The van der Waals surface area contributed by atoms with Crippen molar-refractivity contribution in [3.8, 4) is 0 Å². The van der Waals surface area contributed by atoms with E-state index in [4.69, 9.17) is 0 Å². The first-order chi connectivity index (χ1) is 14.4. The molecule has 30 heavy (non-hydrogen) atoms. The number of piperazine rings is 1. The summed E-state index contributed by atoms with van der Waals surface area (Å²) in [5.74, 6) is 0.884. The van der Waals surface area contributed by atoms with Gasteiger partial charge < -0.3 is 9.80 Å². The normalized spacial score (nSPS) is 14.8. The van der Waals surface area contributed by atoms with Gasteiger partial charge in [0.25, 0.3) is 5.56 Å². The van der Waals surface area contributed by atoms with Gasteiger partial charge in [0.15, 0.2) is 0 Å². The molecule has 0 radical (unpaired) electrons. The molecule has 1 aliphatic heterocycles. The number of aromatic nitrogens is 5. The van der Waals surface area contributed by atoms with Crippen LogP contribution in [0, 0.1) is 0 Å². The molecule has 0 unspecified atom stereocenters. The topological polar surface area (TPSA) is 80.0 Å². The number of rotatable bonds is 4. The average molecular weight is 417 g/mol. The maximum absolute atomic E-state index is 12.9. The lowest BCUT2D eigenvalue weighted by molar-refractivity contribution is -0.141. The summed E-state index contributed by atoms with van der Waals surface area (Å²) >= 11 is 0. The van der Waals surface area contributed by atoms with E-state index in [0.717, 1.165) is 18.0 Å². The molecule has 0 amide bonds. The highest BCUT2D eigenvalue weighted by Gasteiger charge is 2.33. The van der Waals surface area contributed by atoms with Crippen LogP contribution in [0.2, 0.25) is 0 Å². The Hall–Kier alpha value is -3.50. The van der Waals surface area contributed by atoms with E-state index in [2.05, 4.69) is 20.1 Å². The second kappa shape index (κ2) is 8.09. The molecular weight excluding hydrogens is 399 g/mol. The monoisotopic (exact) mass is 417 g/mol. The van der Waals surface area contributed by atoms with Crippen molar-refractivity contribution in [3.05, 3.63) is 70.7 Å². The number of alkyl halides is 3. The molecule has 156 valence electrons. The van der Waals surface area contributed by atoms with E-state index >= 15 is 0 Å². The number of pyridine rings is 1. The number of anilines is 2. The minimum Gasteiger partial charge on any atom is -0.353 e. The zero-order chi connectivity index (χ0) is 21.1. The molecule has 0 saturated carbocycles. The average Bonchev–Trinajstić information content (AvgIpc) is 2.76. The SMILES string of the molecule is O=c1ccc(N2CCN(c3cc(C(F)(F)F)ncn3)CC2)nn1Cc1ccncc1. The summed E-state index contributed by atoms with van der Waals surface area (Å²) in [4.78, 5) is 27.2. The molecule has 3 aromatic heterocycles. The predicted octanol–water partition coefficient (Wildman–Crippen LogP) is 1.82. The van der Waals surface area contributed by atoms with E-state index < -0.39 is 11.9 Å². The van der Waals surface area contributed by atoms with Crippen molar-refractivity contribution in [3.63, 3.8) is 0 Å². The van der Waals surface area contributed by atoms with Crippen molar-refractivity contribution in [2.45, 2.75) is 12.7 Å². The summed E-state index contributed by atoms with van der Waals surface area (Å²) in [7, 11) is 0. The van der Waals surface area contributed by atoms with Crippen molar-refractivity contribution in [2.24, 2.45) is 0 Å². The Morgan fingerprint density at radius 3 is 2.23 bits per heavy atom. The van der Waals surface area contributed by atoms with Crippen LogP contribution in [0.15, 0.2) is 53.8 Å². The predicted molar refractivity (Wildman–Crippen MR) is 103 cm³/mol. The highest BCUT2D eigenvalue weighted by molar-refractivity contribution is 5.44. The van der Waals surface area contributed by atoms with Gasteiger partial charge in [0.2, 0.25) is 0 Å². The van der Waals surface area contributed by atoms with Gasteiger partial charge >= 0.3 is 6.18 Å². The van der Waals surface area contributed by atoms with Gasteiger partial charge in [0, 0.05) is 50.7 Å². The van der Waals surface area contributed by atoms with Crippen molar-refractivity contribution in [1.82, 2.24) is 24.7 Å². The minimum atomic E-state index is -4.51. The smallest absolute Gasteiger partial charge is 0.353 e. The first-order valence-electron chi connectivity index (χ1n) is 9.26. The summed E-state index contributed by atoms with van der Waals surface area (Å²) in [5.41, 5.74) is -0.263. The zero-order valence-electron chi connectivity index (χ0n) is 15.8. The largest absolute Gasteiger partial charge is 0.433 e. The third kappa shape index (κ3) is 4.39. The minimum absolute atomic E-state index is 0.213. The molecule has 0 spiro atoms. The van der Waals surface area contributed by atoms with E-state index in [0.29, 0.717) is 38.5 Å². The van der Waals surface area contributed by atoms with Gasteiger partial charge in [-0.3, -0.25) is 9.78 Å². The second-order valence-electron chi connectivity index (χ2n) is 6.78. The van der Waals surface area contributed by atoms with Gasteiger partial charge in [-0.05, 0) is 23.8 Å². The van der Waals surface area contributed by atoms with Crippen LogP contribution in [0.3, 0.4) is 0 Å². The summed E-state index contributed by atoms with van der Waals surface area (Å²) in [5, 5.41) is 4.45. The van der Waals surface area contributed by atoms with Crippen LogP contribution in [0.25, 0.3) is 0 Å². The number of halogens is 3. The first-order valence-corrected chi connectivity index (χ1v) is 9.26. The molecule has 0 atom stereocenters. The van der Waals surface area contributed by atoms with Gasteiger partial charge in [-0.25, -0.2) is 14.6 Å². The molecule has 3 aromatic rings.